The second kappa shape index (κ2) is 5.53. The number of aromatic nitrogens is 1. The van der Waals surface area contributed by atoms with Crippen LogP contribution in [0.25, 0.3) is 34.6 Å². The molecule has 0 bridgehead atoms. The van der Waals surface area contributed by atoms with Crippen molar-refractivity contribution in [2.24, 2.45) is 0 Å². The van der Waals surface area contributed by atoms with Crippen LogP contribution in [-0.2, 0) is 0 Å². The fourth-order valence-corrected chi connectivity index (χ4v) is 3.22. The summed E-state index contributed by atoms with van der Waals surface area (Å²) in [6, 6.07) is 8.46. The molecular weight excluding hydrogens is 266 g/mol. The van der Waals surface area contributed by atoms with E-state index in [9.17, 15) is 0 Å². The average molecular weight is 285 g/mol. The van der Waals surface area contributed by atoms with Gasteiger partial charge in [0.25, 0.3) is 0 Å². The van der Waals surface area contributed by atoms with E-state index >= 15 is 0 Å². The Morgan fingerprint density at radius 1 is 0.864 bits per heavy atom. The minimum absolute atomic E-state index is 1.14. The van der Waals surface area contributed by atoms with Gasteiger partial charge in [-0.3, -0.25) is 0 Å². The second-order valence-corrected chi connectivity index (χ2v) is 5.25. The second-order valence-electron chi connectivity index (χ2n) is 5.25. The van der Waals surface area contributed by atoms with Gasteiger partial charge in [0.1, 0.15) is 0 Å². The molecule has 0 unspecified atom stereocenters. The maximum absolute atomic E-state index is 3.87. The van der Waals surface area contributed by atoms with Crippen LogP contribution in [0.15, 0.2) is 62.2 Å². The molecule has 0 aliphatic carbocycles. The van der Waals surface area contributed by atoms with Crippen LogP contribution in [0.5, 0.6) is 0 Å². The summed E-state index contributed by atoms with van der Waals surface area (Å²) in [5, 5.41) is 4.78. The third-order valence-electron chi connectivity index (χ3n) is 4.03. The Morgan fingerprint density at radius 2 is 1.50 bits per heavy atom. The summed E-state index contributed by atoms with van der Waals surface area (Å²) < 4.78 is 2.30. The Kier molecular flexibility index (Phi) is 3.56. The van der Waals surface area contributed by atoms with Crippen LogP contribution in [0.4, 0.5) is 0 Å². The molecule has 0 amide bonds. The summed E-state index contributed by atoms with van der Waals surface area (Å²) in [5.74, 6) is 0. The molecule has 0 saturated heterocycles. The van der Waals surface area contributed by atoms with E-state index in [-0.39, 0.29) is 0 Å². The molecule has 22 heavy (non-hydrogen) atoms. The average Bonchev–Trinajstić information content (AvgIpc) is 2.98. The van der Waals surface area contributed by atoms with Crippen molar-refractivity contribution >= 4 is 34.6 Å². The zero-order chi connectivity index (χ0) is 15.7. The van der Waals surface area contributed by atoms with Crippen molar-refractivity contribution in [2.75, 3.05) is 0 Å². The lowest BCUT2D eigenvalue weighted by Crippen LogP contribution is -2.26. The normalized spacial score (nSPS) is 14.1. The third-order valence-corrected chi connectivity index (χ3v) is 4.03. The van der Waals surface area contributed by atoms with Gasteiger partial charge < -0.3 is 4.40 Å². The maximum atomic E-state index is 3.87. The molecule has 0 N–H and O–H groups in total. The molecule has 1 nitrogen and oxygen atoms in total. The third kappa shape index (κ3) is 1.86. The van der Waals surface area contributed by atoms with Gasteiger partial charge in [-0.1, -0.05) is 68.3 Å². The Balaban J connectivity index is 2.82. The van der Waals surface area contributed by atoms with Gasteiger partial charge in [-0.15, -0.1) is 0 Å². The summed E-state index contributed by atoms with van der Waals surface area (Å²) in [5.41, 5.74) is 3.67. The lowest BCUT2D eigenvalue weighted by atomic mass is 10.1. The monoisotopic (exact) mass is 285 g/mol. The highest BCUT2D eigenvalue weighted by Crippen LogP contribution is 2.14. The number of fused-ring (bicyclic) bond motifs is 3. The Labute approximate surface area is 130 Å². The molecule has 0 fully saturated rings. The van der Waals surface area contributed by atoms with Gasteiger partial charge in [0, 0.05) is 15.8 Å². The quantitative estimate of drug-likeness (QED) is 0.697. The van der Waals surface area contributed by atoms with Gasteiger partial charge in [0.15, 0.2) is 0 Å². The van der Waals surface area contributed by atoms with Gasteiger partial charge in [-0.05, 0) is 24.6 Å². The van der Waals surface area contributed by atoms with E-state index in [0.29, 0.717) is 0 Å². The molecule has 2 heterocycles. The highest BCUT2D eigenvalue weighted by atomic mass is 14.9. The summed E-state index contributed by atoms with van der Waals surface area (Å²) in [6.45, 7) is 13.7. The number of rotatable bonds is 3. The van der Waals surface area contributed by atoms with Gasteiger partial charge in [0.2, 0.25) is 0 Å². The van der Waals surface area contributed by atoms with Gasteiger partial charge in [-0.25, -0.2) is 0 Å². The molecule has 0 saturated carbocycles. The van der Waals surface area contributed by atoms with E-state index in [2.05, 4.69) is 73.6 Å². The van der Waals surface area contributed by atoms with Crippen LogP contribution in [0, 0.1) is 6.92 Å². The van der Waals surface area contributed by atoms with E-state index in [4.69, 9.17) is 0 Å². The van der Waals surface area contributed by atoms with Gasteiger partial charge in [-0.2, -0.15) is 0 Å². The van der Waals surface area contributed by atoms with Crippen molar-refractivity contribution in [3.8, 4) is 0 Å². The van der Waals surface area contributed by atoms with E-state index in [1.807, 2.05) is 18.2 Å². The number of hydrogen-bond acceptors (Lipinski definition) is 0. The molecule has 1 heteroatoms. The number of aryl methyl sites for hydroxylation is 1. The number of hydrogen-bond donors (Lipinski definition) is 0. The highest BCUT2D eigenvalue weighted by Gasteiger charge is 2.12. The molecule has 3 aromatic rings. The first-order valence-corrected chi connectivity index (χ1v) is 7.34. The number of nitrogens with zero attached hydrogens (tertiary/aromatic N) is 1. The number of allylic oxidation sites excluding steroid dienone is 3. The minimum Gasteiger partial charge on any atom is -0.308 e. The molecule has 0 atom stereocenters. The van der Waals surface area contributed by atoms with E-state index in [0.717, 1.165) is 5.35 Å². The number of benzene rings is 1. The summed E-state index contributed by atoms with van der Waals surface area (Å²) in [6.07, 6.45) is 11.7. The van der Waals surface area contributed by atoms with E-state index in [1.54, 1.807) is 0 Å². The van der Waals surface area contributed by atoms with Crippen molar-refractivity contribution in [1.82, 2.24) is 4.40 Å². The lowest BCUT2D eigenvalue weighted by Gasteiger charge is -1.92. The van der Waals surface area contributed by atoms with Crippen molar-refractivity contribution in [1.29, 1.82) is 0 Å². The molecule has 0 aliphatic rings. The fraction of sp³-hybridized carbons (Fsp3) is 0.0476. The van der Waals surface area contributed by atoms with Crippen LogP contribution in [-0.4, -0.2) is 4.40 Å². The molecular formula is C21H19N. The lowest BCUT2D eigenvalue weighted by molar-refractivity contribution is 1.21. The zero-order valence-corrected chi connectivity index (χ0v) is 12.8. The summed E-state index contributed by atoms with van der Waals surface area (Å²) in [4.78, 5) is 0. The molecule has 0 aliphatic heterocycles. The molecule has 3 rings (SSSR count). The molecule has 108 valence electrons. The van der Waals surface area contributed by atoms with Crippen molar-refractivity contribution in [3.63, 3.8) is 0 Å². The largest absolute Gasteiger partial charge is 0.308 e. The predicted octanol–water partition coefficient (Wildman–Crippen LogP) is 3.02. The standard InChI is InChI=1S/C21H19N/c1-5-10-16-15(4)21-18(11-6-2)17-13-8-9-14-20(17)22(21)19(16)12-7-3/h5-14H,1-3H2,4H3/b16-10-,18-11-,19-12+. The zero-order valence-electron chi connectivity index (χ0n) is 12.8. The van der Waals surface area contributed by atoms with Crippen LogP contribution < -0.4 is 15.8 Å². The molecule has 0 spiro atoms. The Morgan fingerprint density at radius 3 is 2.18 bits per heavy atom. The smallest absolute Gasteiger partial charge is 0.0577 e. The first-order valence-electron chi connectivity index (χ1n) is 7.34. The first-order chi connectivity index (χ1) is 10.7. The van der Waals surface area contributed by atoms with E-state index < -0.39 is 0 Å². The maximum Gasteiger partial charge on any atom is 0.0577 e. The SMILES string of the molecule is C=C/C=c1/c(C)c2/c(=C\C=C)c3ccccc3n2/c1=C/C=C. The summed E-state index contributed by atoms with van der Waals surface area (Å²) >= 11 is 0. The molecule has 0 radical (unpaired) electrons. The number of para-hydroxylation sites is 1. The van der Waals surface area contributed by atoms with Crippen molar-refractivity contribution < 1.29 is 0 Å². The highest BCUT2D eigenvalue weighted by molar-refractivity contribution is 5.91. The fourth-order valence-electron chi connectivity index (χ4n) is 3.22. The molecule has 1 aromatic carbocycles. The van der Waals surface area contributed by atoms with E-state index in [1.165, 1.54) is 32.4 Å². The van der Waals surface area contributed by atoms with Gasteiger partial charge >= 0.3 is 0 Å². The van der Waals surface area contributed by atoms with Crippen LogP contribution in [0.1, 0.15) is 5.56 Å². The topological polar surface area (TPSA) is 4.41 Å². The van der Waals surface area contributed by atoms with Crippen LogP contribution in [0.2, 0.25) is 0 Å². The van der Waals surface area contributed by atoms with Crippen molar-refractivity contribution in [2.45, 2.75) is 6.92 Å². The Hall–Kier alpha value is -2.80. The van der Waals surface area contributed by atoms with Crippen molar-refractivity contribution in [3.05, 3.63) is 83.6 Å². The predicted molar refractivity (Wildman–Crippen MR) is 98.1 cm³/mol. The van der Waals surface area contributed by atoms with Gasteiger partial charge in [0.05, 0.1) is 16.4 Å². The summed E-state index contributed by atoms with van der Waals surface area (Å²) in [7, 11) is 0. The Bertz CT molecular complexity index is 1080. The minimum atomic E-state index is 1.14. The molecule has 2 aromatic heterocycles. The van der Waals surface area contributed by atoms with Crippen LogP contribution >= 0.6 is 0 Å². The van der Waals surface area contributed by atoms with Crippen LogP contribution in [0.3, 0.4) is 0 Å². The first kappa shape index (κ1) is 14.2.